The number of fused-ring (bicyclic) bond motifs is 1. The lowest BCUT2D eigenvalue weighted by Crippen LogP contribution is -1.99. The number of hydrogen-bond donors (Lipinski definition) is 1. The Hall–Kier alpha value is -1.10. The summed E-state index contributed by atoms with van der Waals surface area (Å²) in [7, 11) is 0. The second-order valence-corrected chi connectivity index (χ2v) is 6.28. The molecule has 0 saturated heterocycles. The molecule has 0 spiro atoms. The monoisotopic (exact) mass is 352 g/mol. The van der Waals surface area contributed by atoms with Crippen LogP contribution in [0.4, 0.5) is 5.69 Å². The lowest BCUT2D eigenvalue weighted by atomic mass is 10.2. The Kier molecular flexibility index (Phi) is 3.73. The Bertz CT molecular complexity index is 726. The highest BCUT2D eigenvalue weighted by Crippen LogP contribution is 2.25. The first kappa shape index (κ1) is 12.9. The number of hydrogen-bond acceptors (Lipinski definition) is 3. The van der Waals surface area contributed by atoms with Crippen LogP contribution in [0.5, 0.6) is 0 Å². The third-order valence-corrected chi connectivity index (χ3v) is 4.82. The zero-order valence-corrected chi connectivity index (χ0v) is 13.0. The number of halogens is 2. The highest BCUT2D eigenvalue weighted by Gasteiger charge is 2.01. The van der Waals surface area contributed by atoms with E-state index in [0.717, 1.165) is 27.2 Å². The first-order chi connectivity index (χ1) is 9.22. The van der Waals surface area contributed by atoms with E-state index < -0.39 is 0 Å². The van der Waals surface area contributed by atoms with E-state index in [1.54, 1.807) is 11.3 Å². The second kappa shape index (κ2) is 5.49. The lowest BCUT2D eigenvalue weighted by Gasteiger charge is -2.07. The van der Waals surface area contributed by atoms with Gasteiger partial charge in [-0.1, -0.05) is 17.7 Å². The fourth-order valence-corrected chi connectivity index (χ4v) is 3.08. The van der Waals surface area contributed by atoms with E-state index in [-0.39, 0.29) is 0 Å². The van der Waals surface area contributed by atoms with Crippen LogP contribution in [0.2, 0.25) is 5.02 Å². The Balaban J connectivity index is 1.75. The molecular formula is C14H10BrClN2S. The molecule has 0 aliphatic rings. The summed E-state index contributed by atoms with van der Waals surface area (Å²) < 4.78 is 2.12. The third kappa shape index (κ3) is 2.91. The quantitative estimate of drug-likeness (QED) is 0.689. The predicted molar refractivity (Wildman–Crippen MR) is 86.1 cm³/mol. The molecule has 0 radical (unpaired) electrons. The van der Waals surface area contributed by atoms with Gasteiger partial charge < -0.3 is 5.32 Å². The van der Waals surface area contributed by atoms with Gasteiger partial charge in [-0.25, -0.2) is 4.98 Å². The van der Waals surface area contributed by atoms with E-state index in [9.17, 15) is 0 Å². The van der Waals surface area contributed by atoms with Crippen molar-refractivity contribution in [2.45, 2.75) is 6.54 Å². The Morgan fingerprint density at radius 2 is 2.11 bits per heavy atom. The maximum absolute atomic E-state index is 5.98. The van der Waals surface area contributed by atoms with Crippen molar-refractivity contribution in [3.05, 3.63) is 57.0 Å². The molecule has 0 aliphatic heterocycles. The van der Waals surface area contributed by atoms with Crippen LogP contribution in [0.1, 0.15) is 5.56 Å². The number of anilines is 1. The van der Waals surface area contributed by atoms with Crippen LogP contribution < -0.4 is 5.32 Å². The average molecular weight is 354 g/mol. The minimum Gasteiger partial charge on any atom is -0.381 e. The van der Waals surface area contributed by atoms with Crippen molar-refractivity contribution in [3.8, 4) is 0 Å². The predicted octanol–water partition coefficient (Wildman–Crippen LogP) is 5.32. The summed E-state index contributed by atoms with van der Waals surface area (Å²) in [4.78, 5) is 4.27. The molecule has 0 aliphatic carbocycles. The van der Waals surface area contributed by atoms with E-state index in [1.807, 2.05) is 35.8 Å². The van der Waals surface area contributed by atoms with Gasteiger partial charge in [0.15, 0.2) is 0 Å². The second-order valence-electron chi connectivity index (χ2n) is 4.14. The molecule has 3 rings (SSSR count). The fraction of sp³-hybridized carbons (Fsp3) is 0.0714. The van der Waals surface area contributed by atoms with Crippen LogP contribution in [-0.4, -0.2) is 4.98 Å². The van der Waals surface area contributed by atoms with Crippen molar-refractivity contribution in [1.82, 2.24) is 4.98 Å². The minimum atomic E-state index is 0.731. The molecule has 0 atom stereocenters. The number of nitrogens with one attached hydrogen (secondary N) is 1. The molecule has 1 heterocycles. The molecule has 5 heteroatoms. The number of thiazole rings is 1. The summed E-state index contributed by atoms with van der Waals surface area (Å²) in [6.07, 6.45) is 0. The average Bonchev–Trinajstić information content (AvgIpc) is 2.87. The van der Waals surface area contributed by atoms with Crippen molar-refractivity contribution in [3.63, 3.8) is 0 Å². The molecular weight excluding hydrogens is 344 g/mol. The Morgan fingerprint density at radius 1 is 1.21 bits per heavy atom. The van der Waals surface area contributed by atoms with Gasteiger partial charge in [-0.05, 0) is 51.8 Å². The molecule has 96 valence electrons. The Morgan fingerprint density at radius 3 is 2.95 bits per heavy atom. The number of aromatic nitrogens is 1. The molecule has 1 aromatic heterocycles. The first-order valence-corrected chi connectivity index (χ1v) is 7.78. The van der Waals surface area contributed by atoms with Gasteiger partial charge in [0.1, 0.15) is 0 Å². The van der Waals surface area contributed by atoms with E-state index in [4.69, 9.17) is 11.6 Å². The highest BCUT2D eigenvalue weighted by molar-refractivity contribution is 9.10. The van der Waals surface area contributed by atoms with Gasteiger partial charge in [0.25, 0.3) is 0 Å². The maximum Gasteiger partial charge on any atom is 0.0813 e. The van der Waals surface area contributed by atoms with E-state index in [0.29, 0.717) is 0 Å². The fourth-order valence-electron chi connectivity index (χ4n) is 1.82. The number of benzene rings is 2. The smallest absolute Gasteiger partial charge is 0.0813 e. The normalized spacial score (nSPS) is 10.8. The molecule has 2 nitrogen and oxygen atoms in total. The molecule has 1 N–H and O–H groups in total. The zero-order chi connectivity index (χ0) is 13.2. The maximum atomic E-state index is 5.98. The van der Waals surface area contributed by atoms with Gasteiger partial charge >= 0.3 is 0 Å². The van der Waals surface area contributed by atoms with Crippen molar-refractivity contribution in [1.29, 1.82) is 0 Å². The van der Waals surface area contributed by atoms with Crippen LogP contribution in [0.25, 0.3) is 10.2 Å². The topological polar surface area (TPSA) is 24.9 Å². The summed E-state index contributed by atoms with van der Waals surface area (Å²) in [5.41, 5.74) is 5.19. The summed E-state index contributed by atoms with van der Waals surface area (Å²) >= 11 is 11.1. The zero-order valence-electron chi connectivity index (χ0n) is 9.86. The van der Waals surface area contributed by atoms with Crippen molar-refractivity contribution in [2.75, 3.05) is 5.32 Å². The van der Waals surface area contributed by atoms with E-state index >= 15 is 0 Å². The van der Waals surface area contributed by atoms with Crippen LogP contribution in [0, 0.1) is 0 Å². The number of rotatable bonds is 3. The molecule has 0 saturated carbocycles. The first-order valence-electron chi connectivity index (χ1n) is 5.73. The molecule has 0 bridgehead atoms. The van der Waals surface area contributed by atoms with Gasteiger partial charge in [-0.3, -0.25) is 0 Å². The summed E-state index contributed by atoms with van der Waals surface area (Å²) in [6, 6.07) is 12.2. The molecule has 0 unspecified atom stereocenters. The largest absolute Gasteiger partial charge is 0.381 e. The standard InChI is InChI=1S/C14H10BrClN2S/c15-11-5-9(1-3-12(11)16)7-17-10-2-4-13-14(6-10)19-8-18-13/h1-6,8,17H,7H2. The van der Waals surface area contributed by atoms with Crippen molar-refractivity contribution >= 4 is 54.8 Å². The van der Waals surface area contributed by atoms with Crippen LogP contribution in [0.3, 0.4) is 0 Å². The van der Waals surface area contributed by atoms with E-state index in [1.165, 1.54) is 10.3 Å². The van der Waals surface area contributed by atoms with Gasteiger partial charge in [-0.15, -0.1) is 11.3 Å². The molecule has 3 aromatic rings. The molecule has 0 fully saturated rings. The van der Waals surface area contributed by atoms with Gasteiger partial charge in [-0.2, -0.15) is 0 Å². The van der Waals surface area contributed by atoms with Gasteiger partial charge in [0, 0.05) is 16.7 Å². The van der Waals surface area contributed by atoms with Crippen molar-refractivity contribution < 1.29 is 0 Å². The van der Waals surface area contributed by atoms with Gasteiger partial charge in [0.05, 0.1) is 20.7 Å². The lowest BCUT2D eigenvalue weighted by molar-refractivity contribution is 1.15. The Labute approximate surface area is 128 Å². The number of nitrogens with zero attached hydrogens (tertiary/aromatic N) is 1. The highest BCUT2D eigenvalue weighted by atomic mass is 79.9. The molecule has 0 amide bonds. The van der Waals surface area contributed by atoms with Crippen LogP contribution in [0.15, 0.2) is 46.4 Å². The summed E-state index contributed by atoms with van der Waals surface area (Å²) in [5, 5.41) is 4.14. The minimum absolute atomic E-state index is 0.731. The van der Waals surface area contributed by atoms with E-state index in [2.05, 4.69) is 32.3 Å². The SMILES string of the molecule is Clc1ccc(CNc2ccc3ncsc3c2)cc1Br. The summed E-state index contributed by atoms with van der Waals surface area (Å²) in [6.45, 7) is 0.764. The van der Waals surface area contributed by atoms with Crippen LogP contribution >= 0.6 is 38.9 Å². The summed E-state index contributed by atoms with van der Waals surface area (Å²) in [5.74, 6) is 0. The van der Waals surface area contributed by atoms with Gasteiger partial charge in [0.2, 0.25) is 0 Å². The molecule has 19 heavy (non-hydrogen) atoms. The van der Waals surface area contributed by atoms with Crippen LogP contribution in [-0.2, 0) is 6.54 Å². The molecule has 2 aromatic carbocycles. The van der Waals surface area contributed by atoms with Crippen molar-refractivity contribution in [2.24, 2.45) is 0 Å². The third-order valence-electron chi connectivity index (χ3n) is 2.81.